The number of carbonyl (C=O) groups excluding carboxylic acids is 1. The summed E-state index contributed by atoms with van der Waals surface area (Å²) in [7, 11) is 1.65. The summed E-state index contributed by atoms with van der Waals surface area (Å²) in [5, 5.41) is 9.52. The van der Waals surface area contributed by atoms with Gasteiger partial charge in [-0.1, -0.05) is 12.1 Å². The van der Waals surface area contributed by atoms with Crippen LogP contribution in [0.25, 0.3) is 0 Å². The second-order valence-corrected chi connectivity index (χ2v) is 7.21. The normalized spacial score (nSPS) is 20.9. The second kappa shape index (κ2) is 8.03. The third kappa shape index (κ3) is 3.86. The van der Waals surface area contributed by atoms with Crippen LogP contribution < -0.4 is 9.64 Å². The van der Waals surface area contributed by atoms with Gasteiger partial charge in [0.05, 0.1) is 13.7 Å². The molecular weight excluding hydrogens is 372 g/mol. The Hall–Kier alpha value is -3.21. The Morgan fingerprint density at radius 1 is 1.24 bits per heavy atom. The number of hydrogen-bond acceptors (Lipinski definition) is 7. The molecule has 0 spiro atoms. The van der Waals surface area contributed by atoms with Crippen molar-refractivity contribution >= 4 is 12.0 Å². The molecule has 0 bridgehead atoms. The number of piperazine rings is 1. The molecule has 152 valence electrons. The molecule has 1 saturated heterocycles. The monoisotopic (exact) mass is 396 g/mol. The van der Waals surface area contributed by atoms with E-state index in [9.17, 15) is 10.1 Å². The van der Waals surface area contributed by atoms with E-state index < -0.39 is 0 Å². The van der Waals surface area contributed by atoms with Crippen molar-refractivity contribution in [3.05, 3.63) is 41.4 Å². The minimum absolute atomic E-state index is 0.185. The number of anilines is 1. The minimum Gasteiger partial charge on any atom is -0.497 e. The van der Waals surface area contributed by atoms with E-state index in [1.54, 1.807) is 18.9 Å². The van der Waals surface area contributed by atoms with E-state index in [1.807, 2.05) is 17.0 Å². The molecule has 8 nitrogen and oxygen atoms in total. The molecule has 1 amide bonds. The van der Waals surface area contributed by atoms with Crippen molar-refractivity contribution in [1.29, 1.82) is 5.26 Å². The summed E-state index contributed by atoms with van der Waals surface area (Å²) in [6, 6.07) is 10.2. The Bertz CT molecular complexity index is 910. The summed E-state index contributed by atoms with van der Waals surface area (Å²) >= 11 is 0. The van der Waals surface area contributed by atoms with Gasteiger partial charge >= 0.3 is 6.09 Å². The van der Waals surface area contributed by atoms with E-state index in [-0.39, 0.29) is 12.0 Å². The summed E-state index contributed by atoms with van der Waals surface area (Å²) in [6.45, 7) is 4.36. The van der Waals surface area contributed by atoms with Gasteiger partial charge in [0.15, 0.2) is 0 Å². The first-order valence-corrected chi connectivity index (χ1v) is 9.86. The number of hydrogen-bond donors (Lipinski definition) is 0. The predicted molar refractivity (Wildman–Crippen MR) is 105 cm³/mol. The molecule has 1 saturated carbocycles. The maximum atomic E-state index is 11.9. The van der Waals surface area contributed by atoms with Crippen molar-refractivity contribution < 1.29 is 18.7 Å². The zero-order chi connectivity index (χ0) is 20.4. The maximum Gasteiger partial charge on any atom is 0.409 e. The molecule has 2 heterocycles. The molecule has 2 aromatic rings. The SMILES string of the molecule is CCOC(=O)N1CCN(c2oc(C3CC3c3ccc(OC)cc3)nc2C#N)CC1. The molecule has 1 aromatic heterocycles. The fourth-order valence-corrected chi connectivity index (χ4v) is 3.77. The summed E-state index contributed by atoms with van der Waals surface area (Å²) in [6.07, 6.45) is 0.652. The van der Waals surface area contributed by atoms with Crippen LogP contribution in [0.15, 0.2) is 28.7 Å². The fraction of sp³-hybridized carbons (Fsp3) is 0.476. The van der Waals surface area contributed by atoms with E-state index in [0.717, 1.165) is 12.2 Å². The van der Waals surface area contributed by atoms with Crippen LogP contribution in [-0.2, 0) is 4.74 Å². The smallest absolute Gasteiger partial charge is 0.409 e. The lowest BCUT2D eigenvalue weighted by Gasteiger charge is -2.33. The molecule has 1 aliphatic carbocycles. The van der Waals surface area contributed by atoms with Crippen LogP contribution in [0.4, 0.5) is 10.7 Å². The molecule has 1 aromatic carbocycles. The van der Waals surface area contributed by atoms with Crippen molar-refractivity contribution in [1.82, 2.24) is 9.88 Å². The molecule has 1 aliphatic heterocycles. The first-order valence-electron chi connectivity index (χ1n) is 9.86. The number of aromatic nitrogens is 1. The molecule has 0 N–H and O–H groups in total. The van der Waals surface area contributed by atoms with Crippen LogP contribution in [0.3, 0.4) is 0 Å². The van der Waals surface area contributed by atoms with Gasteiger partial charge in [-0.25, -0.2) is 9.78 Å². The summed E-state index contributed by atoms with van der Waals surface area (Å²) in [4.78, 5) is 20.0. The molecule has 0 radical (unpaired) electrons. The topological polar surface area (TPSA) is 91.8 Å². The number of carbonyl (C=O) groups is 1. The van der Waals surface area contributed by atoms with Gasteiger partial charge in [-0.3, -0.25) is 0 Å². The molecule has 2 aliphatic rings. The number of amides is 1. The Kier molecular flexibility index (Phi) is 5.30. The summed E-state index contributed by atoms with van der Waals surface area (Å²) in [5.74, 6) is 2.49. The van der Waals surface area contributed by atoms with Crippen molar-refractivity contribution in [2.24, 2.45) is 0 Å². The van der Waals surface area contributed by atoms with Gasteiger partial charge in [-0.2, -0.15) is 5.26 Å². The maximum absolute atomic E-state index is 11.9. The Morgan fingerprint density at radius 3 is 2.59 bits per heavy atom. The highest BCUT2D eigenvalue weighted by Crippen LogP contribution is 2.55. The molecule has 2 fully saturated rings. The van der Waals surface area contributed by atoms with E-state index in [1.165, 1.54) is 5.56 Å². The first-order chi connectivity index (χ1) is 14.1. The molecule has 2 unspecified atom stereocenters. The number of methoxy groups -OCH3 is 1. The van der Waals surface area contributed by atoms with Crippen LogP contribution in [0.5, 0.6) is 5.75 Å². The van der Waals surface area contributed by atoms with Gasteiger partial charge in [0.2, 0.25) is 17.5 Å². The lowest BCUT2D eigenvalue weighted by molar-refractivity contribution is 0.104. The van der Waals surface area contributed by atoms with Crippen LogP contribution in [0, 0.1) is 11.3 Å². The van der Waals surface area contributed by atoms with Gasteiger partial charge < -0.3 is 23.7 Å². The highest BCUT2D eigenvalue weighted by atomic mass is 16.6. The number of oxazole rings is 1. The lowest BCUT2D eigenvalue weighted by atomic mass is 10.1. The zero-order valence-electron chi connectivity index (χ0n) is 16.6. The largest absolute Gasteiger partial charge is 0.497 e. The number of benzene rings is 1. The third-order valence-electron chi connectivity index (χ3n) is 5.48. The molecular formula is C21H24N4O4. The number of ether oxygens (including phenoxy) is 2. The van der Waals surface area contributed by atoms with Crippen LogP contribution in [0.1, 0.15) is 42.3 Å². The molecule has 29 heavy (non-hydrogen) atoms. The van der Waals surface area contributed by atoms with E-state index in [4.69, 9.17) is 13.9 Å². The van der Waals surface area contributed by atoms with E-state index >= 15 is 0 Å². The number of rotatable bonds is 5. The van der Waals surface area contributed by atoms with Gasteiger partial charge in [0, 0.05) is 32.1 Å². The molecule has 8 heteroatoms. The van der Waals surface area contributed by atoms with Crippen molar-refractivity contribution in [2.45, 2.75) is 25.2 Å². The van der Waals surface area contributed by atoms with E-state index in [0.29, 0.717) is 56.2 Å². The summed E-state index contributed by atoms with van der Waals surface area (Å²) in [5.41, 5.74) is 1.53. The Labute approximate surface area is 169 Å². The summed E-state index contributed by atoms with van der Waals surface area (Å²) < 4.78 is 16.3. The predicted octanol–water partition coefficient (Wildman–Crippen LogP) is 3.10. The Balaban J connectivity index is 1.43. The average molecular weight is 396 g/mol. The number of nitriles is 1. The second-order valence-electron chi connectivity index (χ2n) is 7.21. The van der Waals surface area contributed by atoms with Gasteiger partial charge in [0.25, 0.3) is 0 Å². The van der Waals surface area contributed by atoms with E-state index in [2.05, 4.69) is 23.2 Å². The van der Waals surface area contributed by atoms with Crippen molar-refractivity contribution in [3.63, 3.8) is 0 Å². The first kappa shape index (κ1) is 19.1. The van der Waals surface area contributed by atoms with Gasteiger partial charge in [0.1, 0.15) is 11.8 Å². The fourth-order valence-electron chi connectivity index (χ4n) is 3.77. The Morgan fingerprint density at radius 2 is 1.97 bits per heavy atom. The van der Waals surface area contributed by atoms with Gasteiger partial charge in [-0.15, -0.1) is 0 Å². The van der Waals surface area contributed by atoms with Crippen LogP contribution in [0.2, 0.25) is 0 Å². The van der Waals surface area contributed by atoms with Crippen LogP contribution in [-0.4, -0.2) is 55.9 Å². The minimum atomic E-state index is -0.300. The average Bonchev–Trinajstić information content (AvgIpc) is 3.45. The highest BCUT2D eigenvalue weighted by molar-refractivity contribution is 5.68. The number of nitrogens with zero attached hydrogens (tertiary/aromatic N) is 4. The van der Waals surface area contributed by atoms with Crippen molar-refractivity contribution in [2.75, 3.05) is 44.8 Å². The highest BCUT2D eigenvalue weighted by Gasteiger charge is 2.44. The van der Waals surface area contributed by atoms with Crippen molar-refractivity contribution in [3.8, 4) is 11.8 Å². The quantitative estimate of drug-likeness (QED) is 0.767. The standard InChI is InChI=1S/C21H24N4O4/c1-3-28-21(26)25-10-8-24(9-11-25)20-18(13-22)23-19(29-20)17-12-16(17)14-4-6-15(27-2)7-5-14/h4-7,16-17H,3,8-12H2,1-2H3. The molecule has 2 atom stereocenters. The zero-order valence-corrected chi connectivity index (χ0v) is 16.6. The molecule has 4 rings (SSSR count). The van der Waals surface area contributed by atoms with Gasteiger partial charge in [-0.05, 0) is 37.0 Å². The third-order valence-corrected chi connectivity index (χ3v) is 5.48. The lowest BCUT2D eigenvalue weighted by Crippen LogP contribution is -2.49. The van der Waals surface area contributed by atoms with Crippen LogP contribution >= 0.6 is 0 Å².